The summed E-state index contributed by atoms with van der Waals surface area (Å²) in [7, 11) is 0. The molecule has 0 saturated heterocycles. The first-order valence-electron chi connectivity index (χ1n) is 6.02. The molecule has 0 fully saturated rings. The van der Waals surface area contributed by atoms with Gasteiger partial charge < -0.3 is 4.79 Å². The van der Waals surface area contributed by atoms with Crippen molar-refractivity contribution in [1.29, 1.82) is 0 Å². The van der Waals surface area contributed by atoms with E-state index in [0.717, 1.165) is 5.56 Å². The molecule has 1 aromatic rings. The van der Waals surface area contributed by atoms with Crippen molar-refractivity contribution in [3.05, 3.63) is 35.4 Å². The third-order valence-corrected chi connectivity index (χ3v) is 2.93. The topological polar surface area (TPSA) is 51.2 Å². The highest BCUT2D eigenvalue weighted by Gasteiger charge is 2.24. The average Bonchev–Trinajstić information content (AvgIpc) is 2.29. The maximum absolute atomic E-state index is 12.2. The Hall–Kier alpha value is -1.77. The van der Waals surface area contributed by atoms with E-state index < -0.39 is 5.92 Å². The van der Waals surface area contributed by atoms with E-state index in [1.165, 1.54) is 13.8 Å². The Bertz CT molecular complexity index is 457. The first-order chi connectivity index (χ1) is 8.41. The Morgan fingerprint density at radius 3 is 2.06 bits per heavy atom. The van der Waals surface area contributed by atoms with Gasteiger partial charge in [0.25, 0.3) is 0 Å². The molecule has 3 nitrogen and oxygen atoms in total. The van der Waals surface area contributed by atoms with Crippen molar-refractivity contribution in [2.45, 2.75) is 33.6 Å². The lowest BCUT2D eigenvalue weighted by Gasteiger charge is -2.12. The number of carbonyl (C=O) groups is 3. The molecule has 0 aliphatic heterocycles. The zero-order chi connectivity index (χ0) is 13.7. The number of hydrogen-bond donors (Lipinski definition) is 0. The Morgan fingerprint density at radius 2 is 1.61 bits per heavy atom. The summed E-state index contributed by atoms with van der Waals surface area (Å²) in [6.45, 7) is 4.80. The molecule has 0 aromatic heterocycles. The summed E-state index contributed by atoms with van der Waals surface area (Å²) < 4.78 is 0. The largest absolute Gasteiger partial charge is 0.300 e. The van der Waals surface area contributed by atoms with E-state index in [2.05, 4.69) is 0 Å². The molecule has 0 aliphatic rings. The summed E-state index contributed by atoms with van der Waals surface area (Å²) in [6, 6.07) is 7.13. The number of aryl methyl sites for hydroxylation is 1. The van der Waals surface area contributed by atoms with Crippen molar-refractivity contribution in [2.24, 2.45) is 5.92 Å². The minimum Gasteiger partial charge on any atom is -0.300 e. The highest BCUT2D eigenvalue weighted by Crippen LogP contribution is 2.16. The summed E-state index contributed by atoms with van der Waals surface area (Å²) in [4.78, 5) is 34.6. The van der Waals surface area contributed by atoms with Crippen LogP contribution in [0, 0.1) is 12.8 Å². The van der Waals surface area contributed by atoms with E-state index in [9.17, 15) is 14.4 Å². The normalized spacial score (nSPS) is 11.9. The number of rotatable bonds is 6. The van der Waals surface area contributed by atoms with Crippen LogP contribution in [-0.4, -0.2) is 17.3 Å². The molecule has 3 heteroatoms. The van der Waals surface area contributed by atoms with Gasteiger partial charge in [-0.15, -0.1) is 0 Å². The number of ketones is 3. The molecule has 1 atom stereocenters. The minimum atomic E-state index is -0.698. The zero-order valence-electron chi connectivity index (χ0n) is 11.0. The predicted molar refractivity (Wildman–Crippen MR) is 69.6 cm³/mol. The molecule has 1 unspecified atom stereocenters. The molecule has 96 valence electrons. The van der Waals surface area contributed by atoms with Gasteiger partial charge in [0.2, 0.25) is 0 Å². The van der Waals surface area contributed by atoms with Gasteiger partial charge in [-0.25, -0.2) is 0 Å². The molecule has 1 aromatic carbocycles. The van der Waals surface area contributed by atoms with Gasteiger partial charge in [-0.2, -0.15) is 0 Å². The lowest BCUT2D eigenvalue weighted by atomic mass is 9.89. The lowest BCUT2D eigenvalue weighted by Crippen LogP contribution is -2.23. The SMILES string of the molecule is CC(=O)CCC(C(C)=O)C(=O)c1ccc(C)cc1. The third kappa shape index (κ3) is 3.91. The second-order valence-electron chi connectivity index (χ2n) is 4.63. The maximum Gasteiger partial charge on any atom is 0.173 e. The molecule has 0 N–H and O–H groups in total. The maximum atomic E-state index is 12.2. The average molecular weight is 246 g/mol. The van der Waals surface area contributed by atoms with Crippen LogP contribution in [0.1, 0.15) is 42.6 Å². The van der Waals surface area contributed by atoms with Crippen molar-refractivity contribution in [3.8, 4) is 0 Å². The first kappa shape index (κ1) is 14.3. The highest BCUT2D eigenvalue weighted by atomic mass is 16.2. The molecule has 0 aliphatic carbocycles. The summed E-state index contributed by atoms with van der Waals surface area (Å²) in [5, 5.41) is 0. The van der Waals surface area contributed by atoms with Gasteiger partial charge in [0.1, 0.15) is 11.6 Å². The summed E-state index contributed by atoms with van der Waals surface area (Å²) >= 11 is 0. The van der Waals surface area contributed by atoms with Crippen LogP contribution in [-0.2, 0) is 9.59 Å². The second-order valence-corrected chi connectivity index (χ2v) is 4.63. The quantitative estimate of drug-likeness (QED) is 0.573. The number of benzene rings is 1. The molecule has 0 amide bonds. The van der Waals surface area contributed by atoms with Gasteiger partial charge >= 0.3 is 0 Å². The molecule has 18 heavy (non-hydrogen) atoms. The van der Waals surface area contributed by atoms with Gasteiger partial charge in [-0.1, -0.05) is 29.8 Å². The van der Waals surface area contributed by atoms with Crippen LogP contribution >= 0.6 is 0 Å². The first-order valence-corrected chi connectivity index (χ1v) is 6.02. The van der Waals surface area contributed by atoms with Crippen LogP contribution in [0.5, 0.6) is 0 Å². The Balaban J connectivity index is 2.85. The predicted octanol–water partition coefficient (Wildman–Crippen LogP) is 2.75. The second kappa shape index (κ2) is 6.24. The molecule has 0 spiro atoms. The fourth-order valence-electron chi connectivity index (χ4n) is 1.79. The fourth-order valence-corrected chi connectivity index (χ4v) is 1.79. The molecular formula is C15H18O3. The Morgan fingerprint density at radius 1 is 1.06 bits per heavy atom. The van der Waals surface area contributed by atoms with Crippen molar-refractivity contribution in [2.75, 3.05) is 0 Å². The van der Waals surface area contributed by atoms with Crippen molar-refractivity contribution >= 4 is 17.3 Å². The third-order valence-electron chi connectivity index (χ3n) is 2.93. The van der Waals surface area contributed by atoms with Crippen LogP contribution < -0.4 is 0 Å². The monoisotopic (exact) mass is 246 g/mol. The van der Waals surface area contributed by atoms with E-state index in [1.807, 2.05) is 19.1 Å². The molecule has 0 saturated carbocycles. The van der Waals surface area contributed by atoms with Crippen molar-refractivity contribution < 1.29 is 14.4 Å². The highest BCUT2D eigenvalue weighted by molar-refractivity contribution is 6.10. The standard InChI is InChI=1S/C15H18O3/c1-10-4-7-13(8-5-10)15(18)14(12(3)17)9-6-11(2)16/h4-5,7-8,14H,6,9H2,1-3H3. The van der Waals surface area contributed by atoms with E-state index in [4.69, 9.17) is 0 Å². The van der Waals surface area contributed by atoms with Crippen LogP contribution in [0.15, 0.2) is 24.3 Å². The van der Waals surface area contributed by atoms with E-state index in [1.54, 1.807) is 12.1 Å². The number of hydrogen-bond acceptors (Lipinski definition) is 3. The molecule has 0 bridgehead atoms. The number of carbonyl (C=O) groups excluding carboxylic acids is 3. The molecular weight excluding hydrogens is 228 g/mol. The van der Waals surface area contributed by atoms with Crippen molar-refractivity contribution in [3.63, 3.8) is 0 Å². The Labute approximate surface area is 107 Å². The van der Waals surface area contributed by atoms with Crippen LogP contribution in [0.25, 0.3) is 0 Å². The van der Waals surface area contributed by atoms with Crippen LogP contribution in [0.3, 0.4) is 0 Å². The van der Waals surface area contributed by atoms with Crippen molar-refractivity contribution in [1.82, 2.24) is 0 Å². The summed E-state index contributed by atoms with van der Waals surface area (Å²) in [5.74, 6) is -1.07. The van der Waals surface area contributed by atoms with Crippen LogP contribution in [0.2, 0.25) is 0 Å². The van der Waals surface area contributed by atoms with Crippen LogP contribution in [0.4, 0.5) is 0 Å². The van der Waals surface area contributed by atoms with E-state index >= 15 is 0 Å². The smallest absolute Gasteiger partial charge is 0.173 e. The van der Waals surface area contributed by atoms with Gasteiger partial charge in [-0.05, 0) is 27.2 Å². The summed E-state index contributed by atoms with van der Waals surface area (Å²) in [5.41, 5.74) is 1.60. The molecule has 0 heterocycles. The lowest BCUT2D eigenvalue weighted by molar-refractivity contribution is -0.120. The van der Waals surface area contributed by atoms with Gasteiger partial charge in [-0.3, -0.25) is 9.59 Å². The Kier molecular flexibility index (Phi) is 4.95. The van der Waals surface area contributed by atoms with Gasteiger partial charge in [0.15, 0.2) is 5.78 Å². The zero-order valence-corrected chi connectivity index (χ0v) is 11.0. The summed E-state index contributed by atoms with van der Waals surface area (Å²) in [6.07, 6.45) is 0.569. The van der Waals surface area contributed by atoms with Gasteiger partial charge in [0, 0.05) is 12.0 Å². The van der Waals surface area contributed by atoms with E-state index in [0.29, 0.717) is 12.0 Å². The van der Waals surface area contributed by atoms with E-state index in [-0.39, 0.29) is 23.8 Å². The fraction of sp³-hybridized carbons (Fsp3) is 0.400. The molecule has 1 rings (SSSR count). The molecule has 0 radical (unpaired) electrons. The van der Waals surface area contributed by atoms with Gasteiger partial charge in [0.05, 0.1) is 5.92 Å². The number of Topliss-reactive ketones (excluding diaryl/α,β-unsaturated/α-hetero) is 3. The minimum absolute atomic E-state index is 0.00189.